The summed E-state index contributed by atoms with van der Waals surface area (Å²) in [6, 6.07) is 11.0. The molecule has 3 aromatic rings. The molecule has 2 aromatic heterocycles. The fourth-order valence-corrected chi connectivity index (χ4v) is 4.24. The van der Waals surface area contributed by atoms with E-state index < -0.39 is 0 Å². The van der Waals surface area contributed by atoms with E-state index >= 15 is 0 Å². The minimum atomic E-state index is -0.221. The molecule has 0 aliphatic rings. The fourth-order valence-electron chi connectivity index (χ4n) is 2.95. The van der Waals surface area contributed by atoms with Crippen molar-refractivity contribution in [3.63, 3.8) is 0 Å². The molecular formula is C22H24N4O3S. The molecule has 7 nitrogen and oxygen atoms in total. The van der Waals surface area contributed by atoms with E-state index in [1.807, 2.05) is 19.1 Å². The van der Waals surface area contributed by atoms with Gasteiger partial charge in [0.2, 0.25) is 0 Å². The average Bonchev–Trinajstić information content (AvgIpc) is 3.28. The third-order valence-corrected chi connectivity index (χ3v) is 5.49. The van der Waals surface area contributed by atoms with Gasteiger partial charge < -0.3 is 9.26 Å². The summed E-state index contributed by atoms with van der Waals surface area (Å²) in [5.74, 6) is 1.13. The van der Waals surface area contributed by atoms with E-state index in [4.69, 9.17) is 9.26 Å². The highest BCUT2D eigenvalue weighted by Gasteiger charge is 2.23. The maximum absolute atomic E-state index is 13.1. The number of anilines is 1. The number of carbonyl (C=O) groups excluding carboxylic acids is 1. The molecule has 0 N–H and O–H groups in total. The third-order valence-electron chi connectivity index (χ3n) is 4.29. The fraction of sp³-hybridized carbons (Fsp3) is 0.364. The number of carbonyl (C=O) groups is 1. The summed E-state index contributed by atoms with van der Waals surface area (Å²) in [5.41, 5.74) is 2.21. The molecule has 156 valence electrons. The van der Waals surface area contributed by atoms with Gasteiger partial charge in [-0.2, -0.15) is 5.26 Å². The van der Waals surface area contributed by atoms with Crippen LogP contribution in [0.3, 0.4) is 0 Å². The van der Waals surface area contributed by atoms with E-state index in [2.05, 4.69) is 30.1 Å². The summed E-state index contributed by atoms with van der Waals surface area (Å²) in [6.07, 6.45) is 0.853. The van der Waals surface area contributed by atoms with Crippen molar-refractivity contribution in [1.82, 2.24) is 10.1 Å². The second-order valence-electron chi connectivity index (χ2n) is 7.45. The number of hydrogen-bond acceptors (Lipinski definition) is 7. The third kappa shape index (κ3) is 5.45. The van der Waals surface area contributed by atoms with Crippen LogP contribution in [-0.4, -0.2) is 22.7 Å². The van der Waals surface area contributed by atoms with Crippen LogP contribution in [0.4, 0.5) is 5.00 Å². The van der Waals surface area contributed by atoms with E-state index in [0.29, 0.717) is 23.8 Å². The van der Waals surface area contributed by atoms with E-state index in [0.717, 1.165) is 27.7 Å². The molecular weight excluding hydrogens is 400 g/mol. The lowest BCUT2D eigenvalue weighted by molar-refractivity contribution is -0.120. The first kappa shape index (κ1) is 21.5. The zero-order valence-corrected chi connectivity index (χ0v) is 18.3. The normalized spacial score (nSPS) is 10.8. The number of ether oxygens (including phenoxy) is 1. The van der Waals surface area contributed by atoms with Gasteiger partial charge in [-0.05, 0) is 42.6 Å². The number of benzene rings is 1. The van der Waals surface area contributed by atoms with Crippen molar-refractivity contribution in [2.24, 2.45) is 5.92 Å². The van der Waals surface area contributed by atoms with Gasteiger partial charge in [0.15, 0.2) is 6.61 Å². The van der Waals surface area contributed by atoms with Gasteiger partial charge in [-0.25, -0.2) is 4.98 Å². The molecule has 0 radical (unpaired) electrons. The van der Waals surface area contributed by atoms with Crippen molar-refractivity contribution in [1.29, 1.82) is 5.26 Å². The second kappa shape index (κ2) is 9.55. The molecule has 0 unspecified atom stereocenters. The molecule has 3 rings (SSSR count). The SMILES string of the molecule is Cc1cc(OCC(=O)N(Cc2cccc(C#N)c2)c2sc(CC(C)C)nc2C)no1. The maximum Gasteiger partial charge on any atom is 0.265 e. The highest BCUT2D eigenvalue weighted by Crippen LogP contribution is 2.31. The molecule has 1 amide bonds. The standard InChI is InChI=1S/C22H24N4O3S/c1-14(2)8-20-24-16(4)22(30-20)26(12-18-7-5-6-17(10-18)11-23)21(27)13-28-19-9-15(3)29-25-19/h5-7,9-10,14H,8,12-13H2,1-4H3. The Balaban J connectivity index is 1.86. The van der Waals surface area contributed by atoms with Gasteiger partial charge in [-0.3, -0.25) is 9.69 Å². The Morgan fingerprint density at radius 2 is 2.13 bits per heavy atom. The minimum Gasteiger partial charge on any atom is -0.465 e. The first-order valence-electron chi connectivity index (χ1n) is 9.67. The number of nitriles is 1. The summed E-state index contributed by atoms with van der Waals surface area (Å²) in [4.78, 5) is 19.4. The molecule has 0 fully saturated rings. The number of hydrogen-bond donors (Lipinski definition) is 0. The summed E-state index contributed by atoms with van der Waals surface area (Å²) >= 11 is 1.52. The quantitative estimate of drug-likeness (QED) is 0.531. The Labute approximate surface area is 179 Å². The van der Waals surface area contributed by atoms with Crippen LogP contribution >= 0.6 is 11.3 Å². The van der Waals surface area contributed by atoms with Gasteiger partial charge in [0, 0.05) is 12.5 Å². The van der Waals surface area contributed by atoms with Crippen LogP contribution in [0, 0.1) is 31.1 Å². The largest absolute Gasteiger partial charge is 0.465 e. The Bertz CT molecular complexity index is 1060. The average molecular weight is 425 g/mol. The summed E-state index contributed by atoms with van der Waals surface area (Å²) in [5, 5.41) is 14.7. The number of aryl methyl sites for hydroxylation is 2. The molecule has 0 spiro atoms. The zero-order chi connectivity index (χ0) is 21.7. The van der Waals surface area contributed by atoms with Crippen LogP contribution in [0.5, 0.6) is 5.88 Å². The highest BCUT2D eigenvalue weighted by atomic mass is 32.1. The molecule has 30 heavy (non-hydrogen) atoms. The van der Waals surface area contributed by atoms with E-state index in [9.17, 15) is 10.1 Å². The predicted octanol–water partition coefficient (Wildman–Crippen LogP) is 4.43. The van der Waals surface area contributed by atoms with Gasteiger partial charge in [-0.1, -0.05) is 26.0 Å². The Morgan fingerprint density at radius 1 is 1.33 bits per heavy atom. The minimum absolute atomic E-state index is 0.180. The molecule has 0 aliphatic heterocycles. The van der Waals surface area contributed by atoms with Crippen molar-refractivity contribution in [2.45, 2.75) is 40.7 Å². The van der Waals surface area contributed by atoms with Crippen molar-refractivity contribution in [3.05, 3.63) is 57.9 Å². The van der Waals surface area contributed by atoms with Gasteiger partial charge in [0.25, 0.3) is 11.8 Å². The Kier molecular flexibility index (Phi) is 6.85. The van der Waals surface area contributed by atoms with Crippen molar-refractivity contribution < 1.29 is 14.1 Å². The number of aromatic nitrogens is 2. The lowest BCUT2D eigenvalue weighted by Gasteiger charge is -2.21. The van der Waals surface area contributed by atoms with E-state index in [-0.39, 0.29) is 18.4 Å². The highest BCUT2D eigenvalue weighted by molar-refractivity contribution is 7.16. The van der Waals surface area contributed by atoms with Crippen molar-refractivity contribution >= 4 is 22.2 Å². The molecule has 0 bridgehead atoms. The van der Waals surface area contributed by atoms with Crippen molar-refractivity contribution in [3.8, 4) is 11.9 Å². The number of nitrogens with zero attached hydrogens (tertiary/aromatic N) is 4. The Hall–Kier alpha value is -3.18. The van der Waals surface area contributed by atoms with Crippen LogP contribution in [0.2, 0.25) is 0 Å². The van der Waals surface area contributed by atoms with Crippen molar-refractivity contribution in [2.75, 3.05) is 11.5 Å². The predicted molar refractivity (Wildman–Crippen MR) is 114 cm³/mol. The summed E-state index contributed by atoms with van der Waals surface area (Å²) in [6.45, 7) is 8.08. The van der Waals surface area contributed by atoms with Crippen LogP contribution < -0.4 is 9.64 Å². The summed E-state index contributed by atoms with van der Waals surface area (Å²) < 4.78 is 10.5. The molecule has 2 heterocycles. The van der Waals surface area contributed by atoms with Gasteiger partial charge in [-0.15, -0.1) is 11.3 Å². The molecule has 0 aliphatic carbocycles. The first-order chi connectivity index (χ1) is 14.4. The Morgan fingerprint density at radius 3 is 2.80 bits per heavy atom. The van der Waals surface area contributed by atoms with E-state index in [1.165, 1.54) is 11.3 Å². The van der Waals surface area contributed by atoms with Gasteiger partial charge in [0.05, 0.1) is 28.9 Å². The molecule has 0 atom stereocenters. The van der Waals surface area contributed by atoms with Crippen LogP contribution in [0.1, 0.15) is 41.4 Å². The number of amides is 1. The molecule has 0 saturated heterocycles. The topological polar surface area (TPSA) is 92.2 Å². The summed E-state index contributed by atoms with van der Waals surface area (Å²) in [7, 11) is 0. The van der Waals surface area contributed by atoms with Gasteiger partial charge in [0.1, 0.15) is 10.8 Å². The number of rotatable bonds is 8. The second-order valence-corrected chi connectivity index (χ2v) is 8.51. The van der Waals surface area contributed by atoms with E-state index in [1.54, 1.807) is 30.0 Å². The van der Waals surface area contributed by atoms with Crippen LogP contribution in [-0.2, 0) is 17.8 Å². The van der Waals surface area contributed by atoms with Gasteiger partial charge >= 0.3 is 0 Å². The smallest absolute Gasteiger partial charge is 0.265 e. The molecule has 8 heteroatoms. The van der Waals surface area contributed by atoms with Crippen LogP contribution in [0.15, 0.2) is 34.9 Å². The first-order valence-corrected chi connectivity index (χ1v) is 10.5. The zero-order valence-electron chi connectivity index (χ0n) is 17.5. The lowest BCUT2D eigenvalue weighted by Crippen LogP contribution is -2.34. The molecule has 1 aromatic carbocycles. The monoisotopic (exact) mass is 424 g/mol. The maximum atomic E-state index is 13.1. The van der Waals surface area contributed by atoms with Crippen LogP contribution in [0.25, 0.3) is 0 Å². The number of thiazole rings is 1. The lowest BCUT2D eigenvalue weighted by atomic mass is 10.1. The molecule has 0 saturated carbocycles.